The number of fused-ring (bicyclic) bond motifs is 1. The summed E-state index contributed by atoms with van der Waals surface area (Å²) in [5, 5.41) is 3.67. The quantitative estimate of drug-likeness (QED) is 0.751. The molecule has 0 saturated heterocycles. The second-order valence-corrected chi connectivity index (χ2v) is 5.33. The van der Waals surface area contributed by atoms with Crippen LogP contribution in [0.15, 0.2) is 57.9 Å². The molecule has 6 heteroatoms. The second kappa shape index (κ2) is 5.49. The van der Waals surface area contributed by atoms with Crippen molar-refractivity contribution in [1.29, 1.82) is 0 Å². The molecule has 0 atom stereocenters. The van der Waals surface area contributed by atoms with E-state index in [1.807, 2.05) is 18.2 Å². The monoisotopic (exact) mass is 343 g/mol. The standard InChI is InChI=1S/C15H10BrN3O2/c16-10-7-9-3-1-4-11(14(9)17-8-10)19-15(21)12-5-2-6-13(20)18-12/h1-8H,(H,18,20)(H,19,21). The summed E-state index contributed by atoms with van der Waals surface area (Å²) in [5.41, 5.74) is 1.17. The number of hydrogen-bond donors (Lipinski definition) is 2. The molecule has 1 amide bonds. The maximum absolute atomic E-state index is 12.2. The largest absolute Gasteiger partial charge is 0.319 e. The van der Waals surface area contributed by atoms with Gasteiger partial charge in [-0.2, -0.15) is 0 Å². The maximum Gasteiger partial charge on any atom is 0.272 e. The van der Waals surface area contributed by atoms with E-state index in [4.69, 9.17) is 0 Å². The van der Waals surface area contributed by atoms with Crippen molar-refractivity contribution >= 4 is 38.4 Å². The van der Waals surface area contributed by atoms with Crippen molar-refractivity contribution in [2.45, 2.75) is 0 Å². The average molecular weight is 344 g/mol. The van der Waals surface area contributed by atoms with Crippen LogP contribution in [0.2, 0.25) is 0 Å². The van der Waals surface area contributed by atoms with E-state index in [1.165, 1.54) is 12.1 Å². The van der Waals surface area contributed by atoms with Crippen LogP contribution in [-0.2, 0) is 0 Å². The third kappa shape index (κ3) is 2.85. The lowest BCUT2D eigenvalue weighted by molar-refractivity contribution is 0.102. The van der Waals surface area contributed by atoms with E-state index in [9.17, 15) is 9.59 Å². The number of carbonyl (C=O) groups is 1. The third-order valence-corrected chi connectivity index (χ3v) is 3.37. The van der Waals surface area contributed by atoms with Gasteiger partial charge in [0.1, 0.15) is 5.69 Å². The zero-order valence-electron chi connectivity index (χ0n) is 10.8. The van der Waals surface area contributed by atoms with Crippen molar-refractivity contribution in [2.75, 3.05) is 5.32 Å². The third-order valence-electron chi connectivity index (χ3n) is 2.94. The van der Waals surface area contributed by atoms with Crippen LogP contribution in [0.3, 0.4) is 0 Å². The van der Waals surface area contributed by atoms with E-state index >= 15 is 0 Å². The molecule has 0 unspecified atom stereocenters. The summed E-state index contributed by atoms with van der Waals surface area (Å²) in [4.78, 5) is 30.2. The van der Waals surface area contributed by atoms with E-state index in [0.717, 1.165) is 9.86 Å². The van der Waals surface area contributed by atoms with Gasteiger partial charge in [-0.25, -0.2) is 0 Å². The van der Waals surface area contributed by atoms with E-state index < -0.39 is 0 Å². The van der Waals surface area contributed by atoms with Crippen LogP contribution in [-0.4, -0.2) is 15.9 Å². The molecular weight excluding hydrogens is 334 g/mol. The SMILES string of the molecule is O=C(Nc1cccc2cc(Br)cnc12)c1cccc(=O)[nH]1. The normalized spacial score (nSPS) is 10.5. The molecule has 104 valence electrons. The lowest BCUT2D eigenvalue weighted by atomic mass is 10.2. The van der Waals surface area contributed by atoms with Crippen LogP contribution in [0, 0.1) is 0 Å². The number of aromatic nitrogens is 2. The van der Waals surface area contributed by atoms with Crippen molar-refractivity contribution in [3.8, 4) is 0 Å². The molecule has 5 nitrogen and oxygen atoms in total. The summed E-state index contributed by atoms with van der Waals surface area (Å²) >= 11 is 3.36. The fourth-order valence-electron chi connectivity index (χ4n) is 2.00. The molecule has 0 radical (unpaired) electrons. The lowest BCUT2D eigenvalue weighted by Gasteiger charge is -2.08. The number of nitrogens with one attached hydrogen (secondary N) is 2. The molecule has 0 spiro atoms. The number of nitrogens with zero attached hydrogens (tertiary/aromatic N) is 1. The Morgan fingerprint density at radius 2 is 2.00 bits per heavy atom. The summed E-state index contributed by atoms with van der Waals surface area (Å²) in [7, 11) is 0. The van der Waals surface area contributed by atoms with Gasteiger partial charge in [0, 0.05) is 22.1 Å². The number of para-hydroxylation sites is 1. The Morgan fingerprint density at radius 1 is 1.19 bits per heavy atom. The van der Waals surface area contributed by atoms with Gasteiger partial charge >= 0.3 is 0 Å². The van der Waals surface area contributed by atoms with Crippen molar-refractivity contribution in [3.05, 3.63) is 69.2 Å². The van der Waals surface area contributed by atoms with Crippen LogP contribution >= 0.6 is 15.9 Å². The molecule has 0 aliphatic heterocycles. The van der Waals surface area contributed by atoms with Gasteiger partial charge in [-0.15, -0.1) is 0 Å². The van der Waals surface area contributed by atoms with Gasteiger partial charge in [-0.05, 0) is 34.1 Å². The number of pyridine rings is 2. The first-order valence-electron chi connectivity index (χ1n) is 6.18. The van der Waals surface area contributed by atoms with E-state index in [2.05, 4.69) is 31.2 Å². The summed E-state index contributed by atoms with van der Waals surface area (Å²) < 4.78 is 0.867. The fraction of sp³-hybridized carbons (Fsp3) is 0. The summed E-state index contributed by atoms with van der Waals surface area (Å²) in [6.45, 7) is 0. The highest BCUT2D eigenvalue weighted by Gasteiger charge is 2.09. The molecule has 1 aromatic carbocycles. The van der Waals surface area contributed by atoms with Gasteiger partial charge in [0.2, 0.25) is 5.56 Å². The van der Waals surface area contributed by atoms with Crippen LogP contribution in [0.1, 0.15) is 10.5 Å². The van der Waals surface area contributed by atoms with Crippen LogP contribution in [0.4, 0.5) is 5.69 Å². The predicted octanol–water partition coefficient (Wildman–Crippen LogP) is 2.94. The van der Waals surface area contributed by atoms with Gasteiger partial charge in [-0.1, -0.05) is 18.2 Å². The smallest absolute Gasteiger partial charge is 0.272 e. The molecule has 0 aliphatic carbocycles. The topological polar surface area (TPSA) is 74.8 Å². The molecule has 0 bridgehead atoms. The number of benzene rings is 1. The van der Waals surface area contributed by atoms with Gasteiger partial charge in [0.25, 0.3) is 5.91 Å². The van der Waals surface area contributed by atoms with Crippen molar-refractivity contribution in [3.63, 3.8) is 0 Å². The van der Waals surface area contributed by atoms with E-state index in [0.29, 0.717) is 11.2 Å². The highest BCUT2D eigenvalue weighted by atomic mass is 79.9. The number of halogens is 1. The molecular formula is C15H10BrN3O2. The minimum atomic E-state index is -0.384. The average Bonchev–Trinajstić information content (AvgIpc) is 2.47. The Kier molecular flexibility index (Phi) is 3.53. The maximum atomic E-state index is 12.2. The van der Waals surface area contributed by atoms with Crippen molar-refractivity contribution < 1.29 is 4.79 Å². The zero-order valence-corrected chi connectivity index (χ0v) is 12.3. The lowest BCUT2D eigenvalue weighted by Crippen LogP contribution is -2.18. The fourth-order valence-corrected chi connectivity index (χ4v) is 2.35. The predicted molar refractivity (Wildman–Crippen MR) is 84.5 cm³/mol. The molecule has 3 aromatic rings. The second-order valence-electron chi connectivity index (χ2n) is 4.41. The van der Waals surface area contributed by atoms with Crippen LogP contribution in [0.25, 0.3) is 10.9 Å². The number of H-pyrrole nitrogens is 1. The summed E-state index contributed by atoms with van der Waals surface area (Å²) in [6.07, 6.45) is 1.67. The molecule has 2 N–H and O–H groups in total. The highest BCUT2D eigenvalue weighted by molar-refractivity contribution is 9.10. The number of amides is 1. The molecule has 21 heavy (non-hydrogen) atoms. The molecule has 0 fully saturated rings. The Balaban J connectivity index is 1.98. The molecule has 2 aromatic heterocycles. The van der Waals surface area contributed by atoms with Crippen LogP contribution in [0.5, 0.6) is 0 Å². The molecule has 0 aliphatic rings. The van der Waals surface area contributed by atoms with Gasteiger partial charge in [0.05, 0.1) is 11.2 Å². The molecule has 2 heterocycles. The zero-order chi connectivity index (χ0) is 14.8. The van der Waals surface area contributed by atoms with E-state index in [1.54, 1.807) is 18.3 Å². The number of carbonyl (C=O) groups excluding carboxylic acids is 1. The first kappa shape index (κ1) is 13.5. The molecule has 0 saturated carbocycles. The minimum absolute atomic E-state index is 0.205. The summed E-state index contributed by atoms with van der Waals surface area (Å²) in [6, 6.07) is 11.9. The Morgan fingerprint density at radius 3 is 2.81 bits per heavy atom. The van der Waals surface area contributed by atoms with Gasteiger partial charge < -0.3 is 10.3 Å². The van der Waals surface area contributed by atoms with Crippen LogP contribution < -0.4 is 10.9 Å². The first-order chi connectivity index (χ1) is 10.1. The Labute approximate surface area is 128 Å². The Hall–Kier alpha value is -2.47. The number of hydrogen-bond acceptors (Lipinski definition) is 3. The van der Waals surface area contributed by atoms with Gasteiger partial charge in [0.15, 0.2) is 0 Å². The van der Waals surface area contributed by atoms with Gasteiger partial charge in [-0.3, -0.25) is 14.6 Å². The van der Waals surface area contributed by atoms with E-state index in [-0.39, 0.29) is 17.2 Å². The molecule has 3 rings (SSSR count). The number of anilines is 1. The highest BCUT2D eigenvalue weighted by Crippen LogP contribution is 2.24. The van der Waals surface area contributed by atoms with Crippen molar-refractivity contribution in [1.82, 2.24) is 9.97 Å². The minimum Gasteiger partial charge on any atom is -0.319 e. The summed E-state index contributed by atoms with van der Waals surface area (Å²) in [5.74, 6) is -0.384. The Bertz CT molecular complexity index is 889. The number of aromatic amines is 1. The number of rotatable bonds is 2. The first-order valence-corrected chi connectivity index (χ1v) is 6.98. The van der Waals surface area contributed by atoms with Crippen molar-refractivity contribution in [2.24, 2.45) is 0 Å².